The molecule has 1 aromatic heterocycles. The summed E-state index contributed by atoms with van der Waals surface area (Å²) in [5.41, 5.74) is 0.751. The Morgan fingerprint density at radius 1 is 1.13 bits per heavy atom. The summed E-state index contributed by atoms with van der Waals surface area (Å²) in [6, 6.07) is -0.0804. The molecule has 1 N–H and O–H groups in total. The second-order valence-electron chi connectivity index (χ2n) is 6.15. The summed E-state index contributed by atoms with van der Waals surface area (Å²) in [4.78, 5) is 13.3. The molecular weight excluding hydrogens is 320 g/mol. The van der Waals surface area contributed by atoms with E-state index in [1.165, 1.54) is 4.31 Å². The van der Waals surface area contributed by atoms with Crippen LogP contribution in [0.3, 0.4) is 0 Å². The lowest BCUT2D eigenvalue weighted by molar-refractivity contribution is 0.180. The SMILES string of the molecule is O=C1NCCN1c1cnn(C2CN(S(=O)(=O)N3CCCC3)C2)c1. The maximum absolute atomic E-state index is 12.4. The fourth-order valence-corrected chi connectivity index (χ4v) is 5.01. The molecule has 3 fully saturated rings. The standard InChI is InChI=1S/C13H20N6O3S/c20-13-14-3-6-18(13)11-7-15-19(10-11)12-8-17(9-12)23(21,22)16-4-1-2-5-16/h7,10,12H,1-6,8-9H2,(H,14,20). The smallest absolute Gasteiger partial charge is 0.322 e. The lowest BCUT2D eigenvalue weighted by Crippen LogP contribution is -2.55. The van der Waals surface area contributed by atoms with E-state index >= 15 is 0 Å². The second-order valence-corrected chi connectivity index (χ2v) is 8.08. The molecule has 1 aromatic rings. The highest BCUT2D eigenvalue weighted by atomic mass is 32.2. The van der Waals surface area contributed by atoms with Crippen molar-refractivity contribution >= 4 is 21.9 Å². The number of anilines is 1. The van der Waals surface area contributed by atoms with Gasteiger partial charge in [0, 0.05) is 45.5 Å². The van der Waals surface area contributed by atoms with Crippen molar-refractivity contribution < 1.29 is 13.2 Å². The minimum atomic E-state index is -3.31. The molecule has 9 nitrogen and oxygen atoms in total. The Morgan fingerprint density at radius 2 is 1.87 bits per heavy atom. The maximum atomic E-state index is 12.4. The molecule has 4 heterocycles. The summed E-state index contributed by atoms with van der Waals surface area (Å²) >= 11 is 0. The number of hydrogen-bond acceptors (Lipinski definition) is 4. The number of urea groups is 1. The molecule has 126 valence electrons. The number of hydrogen-bond donors (Lipinski definition) is 1. The highest BCUT2D eigenvalue weighted by Gasteiger charge is 2.41. The topological polar surface area (TPSA) is 90.8 Å². The first-order valence-corrected chi connectivity index (χ1v) is 9.30. The van der Waals surface area contributed by atoms with E-state index < -0.39 is 10.2 Å². The molecule has 0 spiro atoms. The lowest BCUT2D eigenvalue weighted by atomic mass is 10.2. The summed E-state index contributed by atoms with van der Waals surface area (Å²) < 4.78 is 29.7. The van der Waals surface area contributed by atoms with Gasteiger partial charge in [-0.05, 0) is 12.8 Å². The van der Waals surface area contributed by atoms with Crippen molar-refractivity contribution in [2.75, 3.05) is 44.2 Å². The van der Waals surface area contributed by atoms with E-state index in [0.717, 1.165) is 18.5 Å². The molecule has 3 aliphatic heterocycles. The molecule has 0 bridgehead atoms. The molecular formula is C13H20N6O3S. The van der Waals surface area contributed by atoms with Crippen LogP contribution in [-0.4, -0.2) is 72.1 Å². The Bertz CT molecular complexity index is 705. The number of aromatic nitrogens is 2. The van der Waals surface area contributed by atoms with E-state index in [1.807, 2.05) is 6.20 Å². The van der Waals surface area contributed by atoms with E-state index in [4.69, 9.17) is 0 Å². The van der Waals surface area contributed by atoms with Crippen LogP contribution in [0, 0.1) is 0 Å². The van der Waals surface area contributed by atoms with Gasteiger partial charge in [0.1, 0.15) is 0 Å². The fourth-order valence-electron chi connectivity index (χ4n) is 3.24. The van der Waals surface area contributed by atoms with Gasteiger partial charge in [0.15, 0.2) is 0 Å². The third-order valence-electron chi connectivity index (χ3n) is 4.68. The average Bonchev–Trinajstić information content (AvgIpc) is 3.16. The molecule has 23 heavy (non-hydrogen) atoms. The van der Waals surface area contributed by atoms with Crippen molar-refractivity contribution in [2.24, 2.45) is 0 Å². The Labute approximate surface area is 135 Å². The molecule has 0 unspecified atom stereocenters. The summed E-state index contributed by atoms with van der Waals surface area (Å²) in [5.74, 6) is 0. The first-order valence-electron chi connectivity index (χ1n) is 7.90. The van der Waals surface area contributed by atoms with Gasteiger partial charge in [-0.1, -0.05) is 0 Å². The number of carbonyl (C=O) groups is 1. The van der Waals surface area contributed by atoms with Crippen molar-refractivity contribution in [3.05, 3.63) is 12.4 Å². The van der Waals surface area contributed by atoms with Crippen LogP contribution in [0.5, 0.6) is 0 Å². The molecule has 0 aliphatic carbocycles. The zero-order valence-corrected chi connectivity index (χ0v) is 13.6. The van der Waals surface area contributed by atoms with Crippen molar-refractivity contribution in [3.8, 4) is 0 Å². The molecule has 0 atom stereocenters. The minimum Gasteiger partial charge on any atom is -0.336 e. The number of amides is 2. The molecule has 4 rings (SSSR count). The Morgan fingerprint density at radius 3 is 2.52 bits per heavy atom. The fraction of sp³-hybridized carbons (Fsp3) is 0.692. The molecule has 0 aromatic carbocycles. The van der Waals surface area contributed by atoms with E-state index in [2.05, 4.69) is 10.4 Å². The first kappa shape index (κ1) is 14.9. The van der Waals surface area contributed by atoms with Crippen LogP contribution >= 0.6 is 0 Å². The third-order valence-corrected chi connectivity index (χ3v) is 6.65. The van der Waals surface area contributed by atoms with Crippen molar-refractivity contribution in [1.29, 1.82) is 0 Å². The Hall–Kier alpha value is -1.65. The van der Waals surface area contributed by atoms with Crippen molar-refractivity contribution in [2.45, 2.75) is 18.9 Å². The van der Waals surface area contributed by atoms with Crippen LogP contribution in [-0.2, 0) is 10.2 Å². The van der Waals surface area contributed by atoms with Crippen LogP contribution in [0.25, 0.3) is 0 Å². The first-order chi connectivity index (χ1) is 11.1. The van der Waals surface area contributed by atoms with Gasteiger partial charge < -0.3 is 5.32 Å². The Balaban J connectivity index is 1.40. The number of nitrogens with zero attached hydrogens (tertiary/aromatic N) is 5. The van der Waals surface area contributed by atoms with Gasteiger partial charge in [-0.3, -0.25) is 9.58 Å². The molecule has 3 saturated heterocycles. The molecule has 2 amide bonds. The predicted molar refractivity (Wildman–Crippen MR) is 83.3 cm³/mol. The van der Waals surface area contributed by atoms with Crippen LogP contribution in [0.2, 0.25) is 0 Å². The van der Waals surface area contributed by atoms with Gasteiger partial charge in [-0.15, -0.1) is 0 Å². The van der Waals surface area contributed by atoms with Gasteiger partial charge in [-0.25, -0.2) is 4.79 Å². The van der Waals surface area contributed by atoms with Gasteiger partial charge >= 0.3 is 6.03 Å². The van der Waals surface area contributed by atoms with Crippen LogP contribution in [0.4, 0.5) is 10.5 Å². The van der Waals surface area contributed by atoms with Crippen LogP contribution in [0.15, 0.2) is 12.4 Å². The predicted octanol–water partition coefficient (Wildman–Crippen LogP) is -0.390. The van der Waals surface area contributed by atoms with E-state index in [1.54, 1.807) is 20.1 Å². The quantitative estimate of drug-likeness (QED) is 0.808. The van der Waals surface area contributed by atoms with Crippen LogP contribution < -0.4 is 10.2 Å². The molecule has 0 saturated carbocycles. The number of carbonyl (C=O) groups excluding carboxylic acids is 1. The average molecular weight is 340 g/mol. The van der Waals surface area contributed by atoms with E-state index in [9.17, 15) is 13.2 Å². The molecule has 3 aliphatic rings. The van der Waals surface area contributed by atoms with Gasteiger partial charge in [0.05, 0.1) is 17.9 Å². The highest BCUT2D eigenvalue weighted by molar-refractivity contribution is 7.86. The van der Waals surface area contributed by atoms with Gasteiger partial charge in [0.25, 0.3) is 10.2 Å². The van der Waals surface area contributed by atoms with Gasteiger partial charge in [0.2, 0.25) is 0 Å². The van der Waals surface area contributed by atoms with E-state index in [0.29, 0.717) is 39.3 Å². The maximum Gasteiger partial charge on any atom is 0.322 e. The van der Waals surface area contributed by atoms with Gasteiger partial charge in [-0.2, -0.15) is 22.1 Å². The zero-order valence-electron chi connectivity index (χ0n) is 12.8. The van der Waals surface area contributed by atoms with Crippen LogP contribution in [0.1, 0.15) is 18.9 Å². The minimum absolute atomic E-state index is 0.0341. The summed E-state index contributed by atoms with van der Waals surface area (Å²) in [5, 5.41) is 7.04. The lowest BCUT2D eigenvalue weighted by Gasteiger charge is -2.39. The van der Waals surface area contributed by atoms with Crippen molar-refractivity contribution in [3.63, 3.8) is 0 Å². The molecule has 0 radical (unpaired) electrons. The third kappa shape index (κ3) is 2.50. The monoisotopic (exact) mass is 340 g/mol. The highest BCUT2D eigenvalue weighted by Crippen LogP contribution is 2.28. The normalized spacial score (nSPS) is 24.2. The summed E-state index contributed by atoms with van der Waals surface area (Å²) in [6.07, 6.45) is 5.35. The number of rotatable bonds is 4. The summed E-state index contributed by atoms with van der Waals surface area (Å²) in [6.45, 7) is 3.39. The van der Waals surface area contributed by atoms with E-state index in [-0.39, 0.29) is 12.1 Å². The zero-order chi connectivity index (χ0) is 16.0. The second kappa shape index (κ2) is 5.46. The Kier molecular flexibility index (Phi) is 3.54. The molecule has 10 heteroatoms. The van der Waals surface area contributed by atoms with Crippen molar-refractivity contribution in [1.82, 2.24) is 23.7 Å². The summed E-state index contributed by atoms with van der Waals surface area (Å²) in [7, 11) is -3.31. The number of nitrogens with one attached hydrogen (secondary N) is 1. The largest absolute Gasteiger partial charge is 0.336 e.